The van der Waals surface area contributed by atoms with E-state index in [9.17, 15) is 9.90 Å². The third kappa shape index (κ3) is 3.71. The maximum Gasteiger partial charge on any atom is 0.336 e. The number of aromatic hydroxyl groups is 1. The largest absolute Gasteiger partial charge is 0.506 e. The summed E-state index contributed by atoms with van der Waals surface area (Å²) < 4.78 is 12.6. The maximum absolute atomic E-state index is 12.0. The number of hydrogen-bond donors (Lipinski definition) is 1. The molecule has 0 aliphatic rings. The number of phenolic OH excluding ortho intramolecular Hbond substituents is 1. The van der Waals surface area contributed by atoms with Gasteiger partial charge in [0.2, 0.25) is 5.82 Å². The minimum atomic E-state index is -0.509. The van der Waals surface area contributed by atoms with Crippen LogP contribution in [0.25, 0.3) is 28.2 Å². The number of benzene rings is 2. The van der Waals surface area contributed by atoms with Gasteiger partial charge in [-0.15, -0.1) is 10.2 Å². The van der Waals surface area contributed by atoms with Gasteiger partial charge in [-0.3, -0.25) is 4.57 Å². The van der Waals surface area contributed by atoms with E-state index < -0.39 is 5.63 Å². The molecule has 0 unspecified atom stereocenters. The molecule has 0 aliphatic carbocycles. The zero-order valence-corrected chi connectivity index (χ0v) is 17.4. The molecule has 3 aromatic heterocycles. The molecule has 154 valence electrons. The van der Waals surface area contributed by atoms with Crippen LogP contribution in [0.2, 0.25) is 5.02 Å². The number of phenols is 1. The molecule has 31 heavy (non-hydrogen) atoms. The summed E-state index contributed by atoms with van der Waals surface area (Å²) in [4.78, 5) is 12.0. The molecule has 0 atom stereocenters. The third-order valence-electron chi connectivity index (χ3n) is 4.64. The van der Waals surface area contributed by atoms with Gasteiger partial charge < -0.3 is 13.9 Å². The van der Waals surface area contributed by atoms with E-state index in [1.165, 1.54) is 23.9 Å². The Bertz CT molecular complexity index is 1430. The first-order valence-electron chi connectivity index (χ1n) is 9.23. The summed E-state index contributed by atoms with van der Waals surface area (Å²) in [5.74, 6) is 1.43. The van der Waals surface area contributed by atoms with Gasteiger partial charge in [0.05, 0.1) is 11.3 Å². The normalized spacial score (nSPS) is 11.3. The predicted molar refractivity (Wildman–Crippen MR) is 118 cm³/mol. The molecule has 0 fully saturated rings. The minimum absolute atomic E-state index is 0.144. The Morgan fingerprint density at radius 2 is 1.90 bits per heavy atom. The van der Waals surface area contributed by atoms with Gasteiger partial charge in [-0.1, -0.05) is 41.6 Å². The van der Waals surface area contributed by atoms with Crippen molar-refractivity contribution in [1.29, 1.82) is 0 Å². The number of rotatable bonds is 5. The number of thioether (sulfide) groups is 1. The highest BCUT2D eigenvalue weighted by molar-refractivity contribution is 7.98. The smallest absolute Gasteiger partial charge is 0.336 e. The van der Waals surface area contributed by atoms with Gasteiger partial charge in [-0.25, -0.2) is 4.79 Å². The van der Waals surface area contributed by atoms with E-state index in [2.05, 4.69) is 10.2 Å². The van der Waals surface area contributed by atoms with Crippen molar-refractivity contribution in [2.24, 2.45) is 0 Å². The van der Waals surface area contributed by atoms with Gasteiger partial charge in [-0.05, 0) is 35.9 Å². The summed E-state index contributed by atoms with van der Waals surface area (Å²) in [6, 6.07) is 17.7. The molecule has 0 aliphatic heterocycles. The van der Waals surface area contributed by atoms with E-state index in [-0.39, 0.29) is 16.4 Å². The van der Waals surface area contributed by atoms with Crippen molar-refractivity contribution in [3.8, 4) is 23.0 Å². The molecule has 0 saturated heterocycles. The molecule has 5 aromatic rings. The lowest BCUT2D eigenvalue weighted by molar-refractivity contribution is 0.473. The standard InChI is InChI=1S/C22H14ClN3O4S/c23-16-10-15-13(9-20(28)30-19(15)11-17(16)27)12-31-22-25-24-21(18-7-4-8-29-18)26(22)14-5-2-1-3-6-14/h1-11,27H,12H2. The van der Waals surface area contributed by atoms with Crippen LogP contribution in [0.5, 0.6) is 5.75 Å². The van der Waals surface area contributed by atoms with E-state index >= 15 is 0 Å². The molecule has 2 aromatic carbocycles. The molecule has 0 radical (unpaired) electrons. The van der Waals surface area contributed by atoms with Crippen LogP contribution < -0.4 is 5.63 Å². The molecule has 0 bridgehead atoms. The molecule has 3 heterocycles. The van der Waals surface area contributed by atoms with E-state index in [4.69, 9.17) is 20.4 Å². The van der Waals surface area contributed by atoms with Gasteiger partial charge in [0.15, 0.2) is 10.9 Å². The molecular formula is C22H14ClN3O4S. The topological polar surface area (TPSA) is 94.3 Å². The van der Waals surface area contributed by atoms with Gasteiger partial charge in [-0.2, -0.15) is 0 Å². The Morgan fingerprint density at radius 1 is 1.06 bits per heavy atom. The van der Waals surface area contributed by atoms with Crippen LogP contribution in [-0.4, -0.2) is 19.9 Å². The summed E-state index contributed by atoms with van der Waals surface area (Å²) in [7, 11) is 0. The van der Waals surface area contributed by atoms with Gasteiger partial charge >= 0.3 is 5.63 Å². The molecular weight excluding hydrogens is 438 g/mol. The van der Waals surface area contributed by atoms with Crippen LogP contribution in [0.1, 0.15) is 5.56 Å². The van der Waals surface area contributed by atoms with Crippen molar-refractivity contribution in [2.75, 3.05) is 0 Å². The highest BCUT2D eigenvalue weighted by atomic mass is 35.5. The monoisotopic (exact) mass is 451 g/mol. The fraction of sp³-hybridized carbons (Fsp3) is 0.0455. The van der Waals surface area contributed by atoms with Crippen molar-refractivity contribution in [1.82, 2.24) is 14.8 Å². The fourth-order valence-corrected chi connectivity index (χ4v) is 4.34. The summed E-state index contributed by atoms with van der Waals surface area (Å²) in [5.41, 5.74) is 1.35. The summed E-state index contributed by atoms with van der Waals surface area (Å²) in [5, 5.41) is 20.0. The van der Waals surface area contributed by atoms with Gasteiger partial charge in [0.25, 0.3) is 0 Å². The first-order chi connectivity index (χ1) is 15.1. The van der Waals surface area contributed by atoms with Crippen LogP contribution in [0.4, 0.5) is 0 Å². The third-order valence-corrected chi connectivity index (χ3v) is 5.92. The number of nitrogens with zero attached hydrogens (tertiary/aromatic N) is 3. The number of aromatic nitrogens is 3. The van der Waals surface area contributed by atoms with Crippen molar-refractivity contribution in [2.45, 2.75) is 10.9 Å². The van der Waals surface area contributed by atoms with E-state index in [0.29, 0.717) is 33.4 Å². The summed E-state index contributed by atoms with van der Waals surface area (Å²) >= 11 is 7.48. The Balaban J connectivity index is 1.56. The van der Waals surface area contributed by atoms with Crippen LogP contribution in [0.15, 0.2) is 85.7 Å². The van der Waals surface area contributed by atoms with E-state index in [1.807, 2.05) is 41.0 Å². The lowest BCUT2D eigenvalue weighted by Gasteiger charge is -2.10. The second-order valence-corrected chi connectivity index (χ2v) is 7.98. The number of halogens is 1. The van der Waals surface area contributed by atoms with Gasteiger partial charge in [0, 0.05) is 29.0 Å². The average Bonchev–Trinajstić information content (AvgIpc) is 3.43. The number of para-hydroxylation sites is 1. The van der Waals surface area contributed by atoms with E-state index in [0.717, 1.165) is 5.69 Å². The van der Waals surface area contributed by atoms with Crippen molar-refractivity contribution < 1.29 is 13.9 Å². The fourth-order valence-electron chi connectivity index (χ4n) is 3.24. The Kier molecular flexibility index (Phi) is 5.01. The quantitative estimate of drug-likeness (QED) is 0.286. The SMILES string of the molecule is O=c1cc(CSc2nnc(-c3ccco3)n2-c2ccccc2)c2cc(Cl)c(O)cc2o1. The number of fused-ring (bicyclic) bond motifs is 1. The number of hydrogen-bond acceptors (Lipinski definition) is 7. The lowest BCUT2D eigenvalue weighted by atomic mass is 10.1. The molecule has 7 nitrogen and oxygen atoms in total. The summed E-state index contributed by atoms with van der Waals surface area (Å²) in [6.45, 7) is 0. The first kappa shape index (κ1) is 19.5. The highest BCUT2D eigenvalue weighted by Crippen LogP contribution is 2.34. The van der Waals surface area contributed by atoms with Crippen LogP contribution >= 0.6 is 23.4 Å². The van der Waals surface area contributed by atoms with E-state index in [1.54, 1.807) is 18.4 Å². The summed E-state index contributed by atoms with van der Waals surface area (Å²) in [6.07, 6.45) is 1.58. The van der Waals surface area contributed by atoms with Crippen molar-refractivity contribution >= 4 is 34.3 Å². The zero-order valence-electron chi connectivity index (χ0n) is 15.9. The highest BCUT2D eigenvalue weighted by Gasteiger charge is 2.19. The predicted octanol–water partition coefficient (Wildman–Crippen LogP) is 5.29. The molecule has 0 saturated carbocycles. The molecule has 9 heteroatoms. The number of furan rings is 1. The van der Waals surface area contributed by atoms with Crippen molar-refractivity contribution in [3.63, 3.8) is 0 Å². The average molecular weight is 452 g/mol. The second-order valence-electron chi connectivity index (χ2n) is 6.63. The lowest BCUT2D eigenvalue weighted by Crippen LogP contribution is -2.01. The maximum atomic E-state index is 12.0. The molecule has 1 N–H and O–H groups in total. The Morgan fingerprint density at radius 3 is 2.68 bits per heavy atom. The Labute approximate surface area is 184 Å². The van der Waals surface area contributed by atoms with Crippen LogP contribution in [0, 0.1) is 0 Å². The molecule has 0 amide bonds. The molecule has 5 rings (SSSR count). The van der Waals surface area contributed by atoms with Crippen LogP contribution in [-0.2, 0) is 5.75 Å². The first-order valence-corrected chi connectivity index (χ1v) is 10.6. The van der Waals surface area contributed by atoms with Crippen molar-refractivity contribution in [3.05, 3.63) is 87.9 Å². The zero-order chi connectivity index (χ0) is 21.4. The van der Waals surface area contributed by atoms with Gasteiger partial charge in [0.1, 0.15) is 11.3 Å². The Hall–Kier alpha value is -3.49. The minimum Gasteiger partial charge on any atom is -0.506 e. The second kappa shape index (κ2) is 7.98. The molecule has 0 spiro atoms. The van der Waals surface area contributed by atoms with Crippen LogP contribution in [0.3, 0.4) is 0 Å².